The van der Waals surface area contributed by atoms with Crippen molar-refractivity contribution >= 4 is 13.7 Å². The second kappa shape index (κ2) is 34.1. The average molecular weight is 675 g/mol. The summed E-state index contributed by atoms with van der Waals surface area (Å²) < 4.78 is 22.1. The summed E-state index contributed by atoms with van der Waals surface area (Å²) in [6.45, 7) is 4.14. The van der Waals surface area contributed by atoms with E-state index >= 15 is 0 Å². The van der Waals surface area contributed by atoms with Gasteiger partial charge in [0.2, 0.25) is 5.91 Å². The lowest BCUT2D eigenvalue weighted by molar-refractivity contribution is -0.123. The number of phosphoric acid groups is 1. The molecule has 0 spiro atoms. The van der Waals surface area contributed by atoms with Gasteiger partial charge in [0.25, 0.3) is 0 Å². The maximum atomic E-state index is 12.7. The zero-order valence-electron chi connectivity index (χ0n) is 30.1. The van der Waals surface area contributed by atoms with Gasteiger partial charge in [0.1, 0.15) is 0 Å². The smallest absolute Gasteiger partial charge is 0.391 e. The zero-order valence-corrected chi connectivity index (χ0v) is 31.0. The van der Waals surface area contributed by atoms with Gasteiger partial charge in [-0.05, 0) is 32.1 Å². The van der Waals surface area contributed by atoms with Gasteiger partial charge in [0.05, 0.1) is 25.4 Å². The van der Waals surface area contributed by atoms with E-state index in [1.165, 1.54) is 103 Å². The molecule has 0 aliphatic heterocycles. The van der Waals surface area contributed by atoms with Gasteiger partial charge >= 0.3 is 7.82 Å². The number of nitrogens with two attached hydrogens (primary N) is 1. The van der Waals surface area contributed by atoms with Crippen molar-refractivity contribution in [3.05, 3.63) is 12.2 Å². The predicted octanol–water partition coefficient (Wildman–Crippen LogP) is 10.1. The fraction of sp³-hybridized carbons (Fsp3) is 0.919. The third-order valence-electron chi connectivity index (χ3n) is 8.60. The molecule has 0 bridgehead atoms. The Bertz CT molecular complexity index is 739. The number of aliphatic hydroxyl groups is 1. The molecule has 0 aliphatic carbocycles. The van der Waals surface area contributed by atoms with Crippen LogP contribution in [0, 0.1) is 0 Å². The van der Waals surface area contributed by atoms with E-state index < -0.39 is 20.0 Å². The number of allylic oxidation sites excluding steroid dienone is 2. The molecule has 46 heavy (non-hydrogen) atoms. The van der Waals surface area contributed by atoms with Crippen molar-refractivity contribution in [3.63, 3.8) is 0 Å². The first-order valence-electron chi connectivity index (χ1n) is 19.3. The van der Waals surface area contributed by atoms with Crippen molar-refractivity contribution in [1.29, 1.82) is 0 Å². The van der Waals surface area contributed by atoms with Crippen LogP contribution >= 0.6 is 7.82 Å². The van der Waals surface area contributed by atoms with Gasteiger partial charge < -0.3 is 21.1 Å². The second-order valence-electron chi connectivity index (χ2n) is 13.1. The minimum atomic E-state index is -4.30. The van der Waals surface area contributed by atoms with Gasteiger partial charge in [-0.25, -0.2) is 4.57 Å². The van der Waals surface area contributed by atoms with E-state index in [1.807, 2.05) is 0 Å². The van der Waals surface area contributed by atoms with E-state index in [1.54, 1.807) is 0 Å². The number of aliphatic hydroxyl groups excluding tert-OH is 1. The number of carbonyl (C=O) groups excluding carboxylic acids is 1. The van der Waals surface area contributed by atoms with Crippen molar-refractivity contribution in [3.8, 4) is 0 Å². The number of hydrogen-bond acceptors (Lipinski definition) is 6. The van der Waals surface area contributed by atoms with E-state index in [4.69, 9.17) is 14.8 Å². The number of nitrogens with one attached hydrogen (secondary N) is 1. The molecule has 8 nitrogen and oxygen atoms in total. The third kappa shape index (κ3) is 31.8. The molecule has 3 atom stereocenters. The first-order chi connectivity index (χ1) is 22.4. The Morgan fingerprint density at radius 3 is 1.70 bits per heavy atom. The minimum absolute atomic E-state index is 0.0889. The van der Waals surface area contributed by atoms with Crippen LogP contribution in [-0.2, 0) is 18.4 Å². The highest BCUT2D eigenvalue weighted by Crippen LogP contribution is 2.43. The molecule has 5 N–H and O–H groups in total. The Morgan fingerprint density at radius 2 is 1.17 bits per heavy atom. The van der Waals surface area contributed by atoms with Crippen molar-refractivity contribution in [1.82, 2.24) is 5.32 Å². The summed E-state index contributed by atoms with van der Waals surface area (Å²) in [6.07, 6.45) is 35.1. The van der Waals surface area contributed by atoms with Crippen LogP contribution in [0.25, 0.3) is 0 Å². The fourth-order valence-corrected chi connectivity index (χ4v) is 6.43. The molecule has 274 valence electrons. The monoisotopic (exact) mass is 675 g/mol. The molecular formula is C37H75N2O6P. The van der Waals surface area contributed by atoms with Crippen molar-refractivity contribution in [2.24, 2.45) is 5.73 Å². The highest BCUT2D eigenvalue weighted by atomic mass is 31.2. The highest BCUT2D eigenvalue weighted by Gasteiger charge is 2.27. The predicted molar refractivity (Wildman–Crippen MR) is 194 cm³/mol. The number of carbonyl (C=O) groups is 1. The van der Waals surface area contributed by atoms with Crippen LogP contribution in [0.2, 0.25) is 0 Å². The Kier molecular flexibility index (Phi) is 33.6. The Labute approximate surface area is 284 Å². The maximum absolute atomic E-state index is 12.7. The van der Waals surface area contributed by atoms with Gasteiger partial charge in [0, 0.05) is 13.0 Å². The van der Waals surface area contributed by atoms with Crippen LogP contribution in [0.4, 0.5) is 0 Å². The summed E-state index contributed by atoms with van der Waals surface area (Å²) >= 11 is 0. The molecule has 0 saturated carbocycles. The van der Waals surface area contributed by atoms with Crippen LogP contribution < -0.4 is 11.1 Å². The second-order valence-corrected chi connectivity index (χ2v) is 14.6. The van der Waals surface area contributed by atoms with Gasteiger partial charge in [-0.1, -0.05) is 161 Å². The lowest BCUT2D eigenvalue weighted by Gasteiger charge is -2.25. The lowest BCUT2D eigenvalue weighted by Crippen LogP contribution is -2.46. The molecule has 0 saturated heterocycles. The van der Waals surface area contributed by atoms with Crippen molar-refractivity contribution < 1.29 is 28.4 Å². The Hall–Kier alpha value is -0.760. The first kappa shape index (κ1) is 45.2. The fourth-order valence-electron chi connectivity index (χ4n) is 5.67. The first-order valence-corrected chi connectivity index (χ1v) is 20.8. The summed E-state index contributed by atoms with van der Waals surface area (Å²) in [4.78, 5) is 22.6. The number of phosphoric ester groups is 1. The standard InChI is InChI=1S/C37H75N2O6P/c1-3-5-7-9-11-13-15-16-17-18-19-20-21-22-24-26-28-30-36(40)35(34-45-46(42,43)44-33-32-38)39-37(41)31-29-27-25-23-14-12-10-8-6-4-2/h8,10,35-36,40H,3-7,9,11-34,38H2,1-2H3,(H,39,41)(H,42,43)/b10-8-. The van der Waals surface area contributed by atoms with Gasteiger partial charge in [-0.3, -0.25) is 13.8 Å². The maximum Gasteiger partial charge on any atom is 0.472 e. The Morgan fingerprint density at radius 1 is 0.696 bits per heavy atom. The van der Waals surface area contributed by atoms with E-state index in [2.05, 4.69) is 31.3 Å². The van der Waals surface area contributed by atoms with Crippen LogP contribution in [0.15, 0.2) is 12.2 Å². The normalized spacial score (nSPS) is 14.5. The van der Waals surface area contributed by atoms with Gasteiger partial charge in [-0.2, -0.15) is 0 Å². The van der Waals surface area contributed by atoms with Crippen molar-refractivity contribution in [2.45, 2.75) is 199 Å². The van der Waals surface area contributed by atoms with E-state index in [-0.39, 0.29) is 25.7 Å². The van der Waals surface area contributed by atoms with E-state index in [9.17, 15) is 19.4 Å². The SMILES string of the molecule is CCC/C=C\CCCCCCCC(=O)NC(COP(=O)(O)OCCN)C(O)CCCCCCCCCCCCCCCCCCC. The number of hydrogen-bond donors (Lipinski definition) is 4. The largest absolute Gasteiger partial charge is 0.472 e. The molecule has 0 aromatic carbocycles. The van der Waals surface area contributed by atoms with Gasteiger partial charge in [0.15, 0.2) is 0 Å². The third-order valence-corrected chi connectivity index (χ3v) is 9.58. The molecule has 0 heterocycles. The molecule has 0 aromatic heterocycles. The van der Waals surface area contributed by atoms with Crippen molar-refractivity contribution in [2.75, 3.05) is 19.8 Å². The molecule has 9 heteroatoms. The number of rotatable bonds is 36. The highest BCUT2D eigenvalue weighted by molar-refractivity contribution is 7.47. The number of amides is 1. The molecule has 0 rings (SSSR count). The quantitative estimate of drug-likeness (QED) is 0.0295. The van der Waals surface area contributed by atoms with Crippen LogP contribution in [0.1, 0.15) is 187 Å². The molecule has 0 radical (unpaired) electrons. The molecule has 0 fully saturated rings. The molecule has 3 unspecified atom stereocenters. The summed E-state index contributed by atoms with van der Waals surface area (Å²) in [5.41, 5.74) is 5.36. The minimum Gasteiger partial charge on any atom is -0.391 e. The average Bonchev–Trinajstić information content (AvgIpc) is 3.04. The van der Waals surface area contributed by atoms with Gasteiger partial charge in [-0.15, -0.1) is 0 Å². The van der Waals surface area contributed by atoms with Crippen LogP contribution in [0.5, 0.6) is 0 Å². The number of unbranched alkanes of at least 4 members (excludes halogenated alkanes) is 22. The summed E-state index contributed by atoms with van der Waals surface area (Å²) in [6, 6.07) is -0.773. The van der Waals surface area contributed by atoms with E-state index in [0.29, 0.717) is 12.8 Å². The summed E-state index contributed by atoms with van der Waals surface area (Å²) in [5.74, 6) is -0.173. The lowest BCUT2D eigenvalue weighted by atomic mass is 10.0. The summed E-state index contributed by atoms with van der Waals surface area (Å²) in [7, 11) is -4.30. The summed E-state index contributed by atoms with van der Waals surface area (Å²) in [5, 5.41) is 13.7. The topological polar surface area (TPSA) is 131 Å². The molecule has 1 amide bonds. The molecule has 0 aromatic rings. The van der Waals surface area contributed by atoms with E-state index in [0.717, 1.165) is 57.8 Å². The Balaban J connectivity index is 4.18. The molecular weight excluding hydrogens is 599 g/mol. The zero-order chi connectivity index (χ0) is 34.0. The van der Waals surface area contributed by atoms with Crippen LogP contribution in [0.3, 0.4) is 0 Å². The van der Waals surface area contributed by atoms with Crippen LogP contribution in [-0.4, -0.2) is 47.8 Å². The molecule has 0 aliphatic rings.